The van der Waals surface area contributed by atoms with Gasteiger partial charge in [-0.3, -0.25) is 4.90 Å². The number of β-amino-alcohol motifs (C(OH)–C–C–N with tert-alkyl or cyclic N) is 1. The van der Waals surface area contributed by atoms with Crippen LogP contribution in [0.25, 0.3) is 0 Å². The van der Waals surface area contributed by atoms with Gasteiger partial charge in [-0.25, -0.2) is 0 Å². The van der Waals surface area contributed by atoms with Crippen LogP contribution < -0.4 is 0 Å². The van der Waals surface area contributed by atoms with Crippen LogP contribution in [0.4, 0.5) is 0 Å². The van der Waals surface area contributed by atoms with Gasteiger partial charge in [0, 0.05) is 25.0 Å². The minimum Gasteiger partial charge on any atom is -0.390 e. The van der Waals surface area contributed by atoms with E-state index >= 15 is 0 Å². The van der Waals surface area contributed by atoms with Crippen molar-refractivity contribution in [2.24, 2.45) is 0 Å². The molecule has 0 radical (unpaired) electrons. The normalized spacial score (nSPS) is 20.1. The lowest BCUT2D eigenvalue weighted by Gasteiger charge is -2.34. The minimum absolute atomic E-state index is 0.124. The molecule has 0 amide bonds. The first kappa shape index (κ1) is 7.15. The number of aromatic nitrogens is 2. The molecule has 60 valence electrons. The van der Waals surface area contributed by atoms with Gasteiger partial charge >= 0.3 is 0 Å². The second kappa shape index (κ2) is 2.84. The zero-order valence-electron chi connectivity index (χ0n) is 5.97. The molecular formula is C6H9N3OS. The highest BCUT2D eigenvalue weighted by Gasteiger charge is 2.24. The van der Waals surface area contributed by atoms with Crippen LogP contribution in [-0.4, -0.2) is 38.8 Å². The van der Waals surface area contributed by atoms with Crippen molar-refractivity contribution in [3.8, 4) is 0 Å². The molecule has 1 N–H and O–H groups in total. The lowest BCUT2D eigenvalue weighted by molar-refractivity contribution is -0.00354. The Balaban J connectivity index is 1.84. The van der Waals surface area contributed by atoms with Crippen LogP contribution in [0, 0.1) is 0 Å². The maximum Gasteiger partial charge on any atom is 0.0895 e. The van der Waals surface area contributed by atoms with Gasteiger partial charge in [0.1, 0.15) is 0 Å². The maximum atomic E-state index is 8.97. The van der Waals surface area contributed by atoms with E-state index in [9.17, 15) is 0 Å². The summed E-state index contributed by atoms with van der Waals surface area (Å²) in [5.74, 6) is 0. The van der Waals surface area contributed by atoms with Gasteiger partial charge in [-0.2, -0.15) is 0 Å². The Morgan fingerprint density at radius 2 is 2.55 bits per heavy atom. The van der Waals surface area contributed by atoms with Gasteiger partial charge in [-0.15, -0.1) is 5.10 Å². The Morgan fingerprint density at radius 3 is 3.09 bits per heavy atom. The van der Waals surface area contributed by atoms with E-state index in [4.69, 9.17) is 5.11 Å². The van der Waals surface area contributed by atoms with Crippen LogP contribution in [0.1, 0.15) is 5.69 Å². The average molecular weight is 171 g/mol. The predicted molar refractivity (Wildman–Crippen MR) is 41.2 cm³/mol. The van der Waals surface area contributed by atoms with E-state index in [-0.39, 0.29) is 6.10 Å². The smallest absolute Gasteiger partial charge is 0.0895 e. The van der Waals surface area contributed by atoms with E-state index in [1.54, 1.807) is 0 Å². The van der Waals surface area contributed by atoms with Crippen molar-refractivity contribution < 1.29 is 5.11 Å². The summed E-state index contributed by atoms with van der Waals surface area (Å²) in [7, 11) is 0. The van der Waals surface area contributed by atoms with Crippen molar-refractivity contribution in [3.05, 3.63) is 11.1 Å². The highest BCUT2D eigenvalue weighted by atomic mass is 32.1. The second-order valence-electron chi connectivity index (χ2n) is 2.74. The predicted octanol–water partition coefficient (Wildman–Crippen LogP) is -0.285. The third-order valence-corrected chi connectivity index (χ3v) is 2.28. The standard InChI is InChI=1S/C6H9N3OS/c10-6-2-9(3-6)1-5-4-11-8-7-5/h4,6,10H,1-3H2. The SMILES string of the molecule is OC1CN(Cc2csnn2)C1. The first-order valence-electron chi connectivity index (χ1n) is 3.51. The molecular weight excluding hydrogens is 162 g/mol. The Morgan fingerprint density at radius 1 is 1.73 bits per heavy atom. The summed E-state index contributed by atoms with van der Waals surface area (Å²) in [5, 5.41) is 14.8. The van der Waals surface area contributed by atoms with E-state index in [1.165, 1.54) is 11.5 Å². The highest BCUT2D eigenvalue weighted by molar-refractivity contribution is 7.03. The first-order valence-corrected chi connectivity index (χ1v) is 4.34. The molecule has 1 aliphatic heterocycles. The summed E-state index contributed by atoms with van der Waals surface area (Å²) in [6, 6.07) is 0. The zero-order valence-corrected chi connectivity index (χ0v) is 6.79. The molecule has 2 rings (SSSR count). The molecule has 0 spiro atoms. The number of rotatable bonds is 2. The van der Waals surface area contributed by atoms with Crippen LogP contribution in [0.2, 0.25) is 0 Å². The monoisotopic (exact) mass is 171 g/mol. The Bertz CT molecular complexity index is 220. The van der Waals surface area contributed by atoms with E-state index in [2.05, 4.69) is 14.5 Å². The van der Waals surface area contributed by atoms with Crippen LogP contribution in [0.5, 0.6) is 0 Å². The quantitative estimate of drug-likeness (QED) is 0.664. The van der Waals surface area contributed by atoms with Crippen molar-refractivity contribution in [3.63, 3.8) is 0 Å². The Kier molecular flexibility index (Phi) is 1.85. The number of nitrogens with zero attached hydrogens (tertiary/aromatic N) is 3. The van der Waals surface area contributed by atoms with E-state index < -0.39 is 0 Å². The lowest BCUT2D eigenvalue weighted by atomic mass is 10.2. The molecule has 0 atom stereocenters. The fourth-order valence-electron chi connectivity index (χ4n) is 1.15. The van der Waals surface area contributed by atoms with E-state index in [0.29, 0.717) is 0 Å². The molecule has 5 heteroatoms. The minimum atomic E-state index is -0.124. The summed E-state index contributed by atoms with van der Waals surface area (Å²) in [6.45, 7) is 2.38. The van der Waals surface area contributed by atoms with E-state index in [1.807, 2.05) is 5.38 Å². The van der Waals surface area contributed by atoms with Gasteiger partial charge in [0.15, 0.2) is 0 Å². The number of likely N-dealkylation sites (tertiary alicyclic amines) is 1. The maximum absolute atomic E-state index is 8.97. The topological polar surface area (TPSA) is 49.2 Å². The second-order valence-corrected chi connectivity index (χ2v) is 3.35. The molecule has 2 heterocycles. The van der Waals surface area contributed by atoms with Crippen molar-refractivity contribution >= 4 is 11.5 Å². The third kappa shape index (κ3) is 1.55. The van der Waals surface area contributed by atoms with Crippen molar-refractivity contribution in [2.75, 3.05) is 13.1 Å². The molecule has 1 aromatic rings. The largest absolute Gasteiger partial charge is 0.390 e. The van der Waals surface area contributed by atoms with Crippen molar-refractivity contribution in [1.29, 1.82) is 0 Å². The summed E-state index contributed by atoms with van der Waals surface area (Å²) in [5.41, 5.74) is 1.00. The number of hydrogen-bond acceptors (Lipinski definition) is 5. The molecule has 0 bridgehead atoms. The van der Waals surface area contributed by atoms with Crippen LogP contribution in [0.3, 0.4) is 0 Å². The van der Waals surface area contributed by atoms with Crippen LogP contribution in [-0.2, 0) is 6.54 Å². The Hall–Kier alpha value is -0.520. The van der Waals surface area contributed by atoms with Gasteiger partial charge in [0.25, 0.3) is 0 Å². The van der Waals surface area contributed by atoms with Crippen molar-refractivity contribution in [2.45, 2.75) is 12.6 Å². The zero-order chi connectivity index (χ0) is 7.68. The molecule has 11 heavy (non-hydrogen) atoms. The third-order valence-electron chi connectivity index (χ3n) is 1.73. The summed E-state index contributed by atoms with van der Waals surface area (Å²) < 4.78 is 3.76. The average Bonchev–Trinajstić information content (AvgIpc) is 2.36. The molecule has 0 saturated carbocycles. The molecule has 1 aliphatic rings. The highest BCUT2D eigenvalue weighted by Crippen LogP contribution is 2.11. The van der Waals surface area contributed by atoms with Gasteiger partial charge in [0.2, 0.25) is 0 Å². The summed E-state index contributed by atoms with van der Waals surface area (Å²) >= 11 is 1.37. The lowest BCUT2D eigenvalue weighted by Crippen LogP contribution is -2.49. The fourth-order valence-corrected chi connectivity index (χ4v) is 1.60. The van der Waals surface area contributed by atoms with Crippen LogP contribution in [0.15, 0.2) is 5.38 Å². The fraction of sp³-hybridized carbons (Fsp3) is 0.667. The van der Waals surface area contributed by atoms with E-state index in [0.717, 1.165) is 25.3 Å². The molecule has 1 fully saturated rings. The molecule has 0 aromatic carbocycles. The molecule has 0 aliphatic carbocycles. The number of aliphatic hydroxyl groups excluding tert-OH is 1. The van der Waals surface area contributed by atoms with Crippen LogP contribution >= 0.6 is 11.5 Å². The number of aliphatic hydroxyl groups is 1. The molecule has 4 nitrogen and oxygen atoms in total. The molecule has 1 aromatic heterocycles. The van der Waals surface area contributed by atoms with Crippen molar-refractivity contribution in [1.82, 2.24) is 14.5 Å². The van der Waals surface area contributed by atoms with Gasteiger partial charge in [-0.1, -0.05) is 4.49 Å². The van der Waals surface area contributed by atoms with Gasteiger partial charge < -0.3 is 5.11 Å². The Labute approximate surface area is 68.6 Å². The van der Waals surface area contributed by atoms with Gasteiger partial charge in [-0.05, 0) is 11.5 Å². The first-order chi connectivity index (χ1) is 5.34. The molecule has 1 saturated heterocycles. The van der Waals surface area contributed by atoms with Gasteiger partial charge in [0.05, 0.1) is 11.8 Å². The summed E-state index contributed by atoms with van der Waals surface area (Å²) in [4.78, 5) is 2.14. The number of hydrogen-bond donors (Lipinski definition) is 1. The molecule has 0 unspecified atom stereocenters. The summed E-state index contributed by atoms with van der Waals surface area (Å²) in [6.07, 6.45) is -0.124.